The Morgan fingerprint density at radius 3 is 2.46 bits per heavy atom. The van der Waals surface area contributed by atoms with Crippen molar-refractivity contribution in [2.45, 2.75) is 30.5 Å². The first-order valence-corrected chi connectivity index (χ1v) is 12.1. The fraction of sp³-hybridized carbons (Fsp3) is 0.222. The molecule has 3 aliphatic carbocycles. The van der Waals surface area contributed by atoms with Crippen LogP contribution in [0.3, 0.4) is 0 Å². The molecule has 2 aromatic heterocycles. The summed E-state index contributed by atoms with van der Waals surface area (Å²) in [5.41, 5.74) is 8.11. The van der Waals surface area contributed by atoms with Gasteiger partial charge in [-0.25, -0.2) is 13.8 Å². The van der Waals surface area contributed by atoms with Crippen LogP contribution in [0.15, 0.2) is 61.2 Å². The Balaban J connectivity index is 1.39. The maximum atomic E-state index is 13.9. The van der Waals surface area contributed by atoms with E-state index in [0.717, 1.165) is 0 Å². The highest BCUT2D eigenvalue weighted by Crippen LogP contribution is 2.63. The van der Waals surface area contributed by atoms with Gasteiger partial charge in [-0.05, 0) is 29.8 Å². The fourth-order valence-corrected chi connectivity index (χ4v) is 5.44. The van der Waals surface area contributed by atoms with Gasteiger partial charge in [0.25, 0.3) is 11.8 Å². The molecule has 12 heteroatoms. The zero-order chi connectivity index (χ0) is 27.5. The Morgan fingerprint density at radius 1 is 1.13 bits per heavy atom. The van der Waals surface area contributed by atoms with Gasteiger partial charge in [0.2, 0.25) is 0 Å². The van der Waals surface area contributed by atoms with Gasteiger partial charge in [-0.2, -0.15) is 0 Å². The number of rotatable bonds is 7. The molecule has 0 spiro atoms. The van der Waals surface area contributed by atoms with Crippen molar-refractivity contribution in [2.24, 2.45) is 0 Å². The molecule has 10 nitrogen and oxygen atoms in total. The molecule has 0 saturated heterocycles. The number of ether oxygens (including phenoxy) is 1. The summed E-state index contributed by atoms with van der Waals surface area (Å²) in [6, 6.07) is 11.7. The maximum absolute atomic E-state index is 13.9. The second-order valence-electron chi connectivity index (χ2n) is 9.97. The Morgan fingerprint density at radius 2 is 1.82 bits per heavy atom. The lowest BCUT2D eigenvalue weighted by Gasteiger charge is -2.65. The number of fused-ring (bicyclic) bond motifs is 1. The summed E-state index contributed by atoms with van der Waals surface area (Å²) in [6.07, 6.45) is 2.29. The SMILES string of the molecule is C=C(F)C(=O)Nc1ccc(-c2nn3ncnc(N)c3c2-c2ccc(C(=O)NC34CC(F)(C3)C4)c(OC)c2)cc1. The van der Waals surface area contributed by atoms with E-state index in [-0.39, 0.29) is 11.7 Å². The van der Waals surface area contributed by atoms with Crippen molar-refractivity contribution in [2.75, 3.05) is 18.2 Å². The number of methoxy groups -OCH3 is 1. The monoisotopic (exact) mass is 531 g/mol. The van der Waals surface area contributed by atoms with E-state index in [0.29, 0.717) is 64.2 Å². The molecule has 0 radical (unpaired) electrons. The Bertz CT molecular complexity index is 1660. The lowest BCUT2D eigenvalue weighted by Crippen LogP contribution is -2.76. The number of carbonyl (C=O) groups is 2. The molecule has 4 N–H and O–H groups in total. The predicted molar refractivity (Wildman–Crippen MR) is 139 cm³/mol. The first-order valence-electron chi connectivity index (χ1n) is 12.1. The highest BCUT2D eigenvalue weighted by atomic mass is 19.1. The Kier molecular flexibility index (Phi) is 5.38. The van der Waals surface area contributed by atoms with Crippen LogP contribution in [0.2, 0.25) is 0 Å². The van der Waals surface area contributed by atoms with E-state index in [1.165, 1.54) is 18.1 Å². The van der Waals surface area contributed by atoms with Crippen LogP contribution in [0, 0.1) is 0 Å². The van der Waals surface area contributed by atoms with Gasteiger partial charge in [0.15, 0.2) is 11.6 Å². The summed E-state index contributed by atoms with van der Waals surface area (Å²) in [7, 11) is 1.46. The molecule has 0 unspecified atom stereocenters. The van der Waals surface area contributed by atoms with Crippen LogP contribution < -0.4 is 21.1 Å². The molecular formula is C27H23F2N7O3. The zero-order valence-electron chi connectivity index (χ0n) is 20.8. The highest BCUT2D eigenvalue weighted by molar-refractivity contribution is 6.02. The standard InChI is InChI=1S/C27H23F2N7O3/c1-14(28)24(37)33-17-6-3-15(4-7-17)21-20(22-23(30)31-13-32-36(22)35-21)16-5-8-18(19(9-16)39-2)25(38)34-27-10-26(29,11-27)12-27/h3-9,13H,1,10-12H2,2H3,(H,33,37)(H,34,38)(H2,30,31,32). The van der Waals surface area contributed by atoms with E-state index < -0.39 is 22.9 Å². The van der Waals surface area contributed by atoms with Crippen molar-refractivity contribution in [1.82, 2.24) is 25.1 Å². The van der Waals surface area contributed by atoms with Gasteiger partial charge in [0.05, 0.1) is 12.7 Å². The number of aromatic nitrogens is 4. The van der Waals surface area contributed by atoms with Crippen molar-refractivity contribution in [3.05, 3.63) is 66.8 Å². The summed E-state index contributed by atoms with van der Waals surface area (Å²) in [4.78, 5) is 28.8. The first kappa shape index (κ1) is 24.5. The fourth-order valence-electron chi connectivity index (χ4n) is 5.44. The second kappa shape index (κ2) is 8.58. The number of hydrogen-bond acceptors (Lipinski definition) is 7. The molecule has 2 heterocycles. The molecular weight excluding hydrogens is 508 g/mol. The van der Waals surface area contributed by atoms with Crippen LogP contribution >= 0.6 is 0 Å². The van der Waals surface area contributed by atoms with E-state index >= 15 is 0 Å². The quantitative estimate of drug-likeness (QED) is 0.308. The number of amides is 2. The average Bonchev–Trinajstić information content (AvgIpc) is 3.28. The molecule has 4 aromatic rings. The van der Waals surface area contributed by atoms with Gasteiger partial charge >= 0.3 is 0 Å². The molecule has 198 valence electrons. The number of nitrogens with one attached hydrogen (secondary N) is 2. The van der Waals surface area contributed by atoms with Crippen molar-refractivity contribution in [3.63, 3.8) is 0 Å². The number of nitrogens with zero attached hydrogens (tertiary/aromatic N) is 4. The number of anilines is 2. The molecule has 7 rings (SSSR count). The van der Waals surface area contributed by atoms with Crippen molar-refractivity contribution in [1.29, 1.82) is 0 Å². The van der Waals surface area contributed by atoms with E-state index in [1.54, 1.807) is 42.5 Å². The van der Waals surface area contributed by atoms with Gasteiger partial charge in [-0.1, -0.05) is 24.8 Å². The van der Waals surface area contributed by atoms with E-state index in [4.69, 9.17) is 10.5 Å². The number of hydrogen-bond donors (Lipinski definition) is 3. The van der Waals surface area contributed by atoms with Crippen LogP contribution in [-0.2, 0) is 4.79 Å². The number of benzene rings is 2. The summed E-state index contributed by atoms with van der Waals surface area (Å²) in [5.74, 6) is -1.87. The minimum Gasteiger partial charge on any atom is -0.496 e. The van der Waals surface area contributed by atoms with Crippen LogP contribution in [0.25, 0.3) is 27.9 Å². The Labute approximate surface area is 220 Å². The molecule has 2 amide bonds. The second-order valence-corrected chi connectivity index (χ2v) is 9.97. The third-order valence-electron chi connectivity index (χ3n) is 7.21. The van der Waals surface area contributed by atoms with Crippen molar-refractivity contribution in [3.8, 4) is 28.1 Å². The van der Waals surface area contributed by atoms with Crippen LogP contribution in [0.5, 0.6) is 5.75 Å². The third-order valence-corrected chi connectivity index (χ3v) is 7.21. The van der Waals surface area contributed by atoms with E-state index in [1.807, 2.05) is 0 Å². The van der Waals surface area contributed by atoms with Gasteiger partial charge in [0, 0.05) is 41.6 Å². The average molecular weight is 532 g/mol. The van der Waals surface area contributed by atoms with Crippen LogP contribution in [0.4, 0.5) is 20.3 Å². The molecule has 2 aromatic carbocycles. The van der Waals surface area contributed by atoms with Gasteiger partial charge < -0.3 is 21.1 Å². The topological polar surface area (TPSA) is 137 Å². The largest absolute Gasteiger partial charge is 0.496 e. The number of nitrogen functional groups attached to an aromatic ring is 1. The molecule has 0 aliphatic heterocycles. The summed E-state index contributed by atoms with van der Waals surface area (Å²) < 4.78 is 33.9. The van der Waals surface area contributed by atoms with E-state index in [9.17, 15) is 18.4 Å². The van der Waals surface area contributed by atoms with E-state index in [2.05, 4.69) is 32.4 Å². The van der Waals surface area contributed by atoms with Crippen LogP contribution in [-0.4, -0.2) is 49.9 Å². The number of halogens is 2. The molecule has 0 atom stereocenters. The maximum Gasteiger partial charge on any atom is 0.283 e. The highest BCUT2D eigenvalue weighted by Gasteiger charge is 2.69. The Hall–Kier alpha value is -4.87. The number of carbonyl (C=O) groups excluding carboxylic acids is 2. The molecule has 3 saturated carbocycles. The summed E-state index contributed by atoms with van der Waals surface area (Å²) in [5, 5.41) is 14.1. The predicted octanol–water partition coefficient (Wildman–Crippen LogP) is 3.85. The van der Waals surface area contributed by atoms with Gasteiger partial charge in [-0.3, -0.25) is 9.59 Å². The number of alkyl halides is 1. The van der Waals surface area contributed by atoms with Crippen molar-refractivity contribution < 1.29 is 23.1 Å². The van der Waals surface area contributed by atoms with Crippen LogP contribution in [0.1, 0.15) is 29.6 Å². The minimum atomic E-state index is -1.13. The van der Waals surface area contributed by atoms with Gasteiger partial charge in [0.1, 0.15) is 29.0 Å². The summed E-state index contributed by atoms with van der Waals surface area (Å²) in [6.45, 7) is 2.99. The smallest absolute Gasteiger partial charge is 0.283 e. The molecule has 39 heavy (non-hydrogen) atoms. The lowest BCUT2D eigenvalue weighted by molar-refractivity contribution is -0.162. The molecule has 3 fully saturated rings. The summed E-state index contributed by atoms with van der Waals surface area (Å²) >= 11 is 0. The minimum absolute atomic E-state index is 0.189. The number of nitrogens with two attached hydrogens (primary N) is 1. The molecule has 2 bridgehead atoms. The zero-order valence-corrected chi connectivity index (χ0v) is 20.8. The third kappa shape index (κ3) is 4.04. The first-order chi connectivity index (χ1) is 18.6. The lowest BCUT2D eigenvalue weighted by atomic mass is 9.47. The normalized spacial score (nSPS) is 21.0. The van der Waals surface area contributed by atoms with Crippen molar-refractivity contribution >= 4 is 28.8 Å². The van der Waals surface area contributed by atoms with Gasteiger partial charge in [-0.15, -0.1) is 14.8 Å². The molecule has 3 aliphatic rings.